The molecule has 1 N–H and O–H groups in total. The molecule has 0 spiro atoms. The van der Waals surface area contributed by atoms with Gasteiger partial charge in [0.05, 0.1) is 23.1 Å². The van der Waals surface area contributed by atoms with Crippen LogP contribution in [0.4, 0.5) is 23.2 Å². The van der Waals surface area contributed by atoms with E-state index in [1.807, 2.05) is 0 Å². The van der Waals surface area contributed by atoms with Crippen molar-refractivity contribution in [1.82, 2.24) is 4.90 Å². The average molecular weight is 499 g/mol. The van der Waals surface area contributed by atoms with Crippen molar-refractivity contribution in [3.63, 3.8) is 0 Å². The minimum absolute atomic E-state index is 0.0261. The van der Waals surface area contributed by atoms with E-state index < -0.39 is 41.3 Å². The number of nitrogens with one attached hydrogen (secondary N) is 1. The highest BCUT2D eigenvalue weighted by Crippen LogP contribution is 2.39. The van der Waals surface area contributed by atoms with Crippen LogP contribution >= 0.6 is 0 Å². The van der Waals surface area contributed by atoms with Crippen molar-refractivity contribution in [2.45, 2.75) is 38.9 Å². The van der Waals surface area contributed by atoms with E-state index >= 15 is 0 Å². The van der Waals surface area contributed by atoms with Crippen molar-refractivity contribution in [3.05, 3.63) is 100 Å². The lowest BCUT2D eigenvalue weighted by molar-refractivity contribution is -0.138. The number of rotatable bonds is 4. The van der Waals surface area contributed by atoms with E-state index in [2.05, 4.69) is 5.32 Å². The van der Waals surface area contributed by atoms with Crippen LogP contribution in [0.3, 0.4) is 0 Å². The molecule has 3 aromatic rings. The Hall–Kier alpha value is -3.68. The third kappa shape index (κ3) is 5.12. The Bertz CT molecular complexity index is 1250. The summed E-state index contributed by atoms with van der Waals surface area (Å²) in [5, 5.41) is 2.62. The molecular weight excluding hydrogens is 472 g/mol. The molecule has 36 heavy (non-hydrogen) atoms. The molecule has 4 rings (SSSR count). The van der Waals surface area contributed by atoms with Crippen molar-refractivity contribution in [2.75, 3.05) is 11.9 Å². The molecule has 0 saturated carbocycles. The van der Waals surface area contributed by atoms with E-state index in [1.165, 1.54) is 36.1 Å². The number of carbonyl (C=O) groups excluding carboxylic acids is 2. The SMILES string of the molecule is Cc1ccc(NC(=O)C2CCCN(C(=O)c3c(C)cccc3F)C2c2ccccc2)cc1C(F)(F)F. The van der Waals surface area contributed by atoms with Crippen LogP contribution in [0.5, 0.6) is 0 Å². The molecule has 0 aliphatic carbocycles. The second kappa shape index (κ2) is 10.1. The van der Waals surface area contributed by atoms with Crippen molar-refractivity contribution in [3.8, 4) is 0 Å². The first kappa shape index (κ1) is 25.4. The van der Waals surface area contributed by atoms with Crippen LogP contribution in [0, 0.1) is 25.6 Å². The summed E-state index contributed by atoms with van der Waals surface area (Å²) in [6, 6.07) is 16.3. The summed E-state index contributed by atoms with van der Waals surface area (Å²) < 4.78 is 54.8. The predicted molar refractivity (Wildman–Crippen MR) is 129 cm³/mol. The van der Waals surface area contributed by atoms with Crippen LogP contribution in [0.25, 0.3) is 0 Å². The van der Waals surface area contributed by atoms with Gasteiger partial charge < -0.3 is 10.2 Å². The summed E-state index contributed by atoms with van der Waals surface area (Å²) in [6.07, 6.45) is -3.64. The van der Waals surface area contributed by atoms with Gasteiger partial charge in [0.15, 0.2) is 0 Å². The van der Waals surface area contributed by atoms with E-state index in [0.717, 1.165) is 6.07 Å². The lowest BCUT2D eigenvalue weighted by atomic mass is 9.83. The summed E-state index contributed by atoms with van der Waals surface area (Å²) >= 11 is 0. The number of piperidine rings is 1. The Labute approximate surface area is 206 Å². The molecule has 3 aromatic carbocycles. The maximum Gasteiger partial charge on any atom is 0.416 e. The molecule has 1 saturated heterocycles. The lowest BCUT2D eigenvalue weighted by Gasteiger charge is -2.41. The molecule has 2 amide bonds. The van der Waals surface area contributed by atoms with Crippen LogP contribution < -0.4 is 5.32 Å². The van der Waals surface area contributed by atoms with Crippen molar-refractivity contribution in [1.29, 1.82) is 0 Å². The Morgan fingerprint density at radius 2 is 1.67 bits per heavy atom. The number of alkyl halides is 3. The third-order valence-electron chi connectivity index (χ3n) is 6.62. The fraction of sp³-hybridized carbons (Fsp3) is 0.286. The first-order valence-corrected chi connectivity index (χ1v) is 11.7. The molecule has 1 fully saturated rings. The van der Waals surface area contributed by atoms with Crippen LogP contribution in [0.15, 0.2) is 66.7 Å². The second-order valence-corrected chi connectivity index (χ2v) is 9.05. The Morgan fingerprint density at radius 1 is 0.944 bits per heavy atom. The Kier molecular flexibility index (Phi) is 7.15. The fourth-order valence-electron chi connectivity index (χ4n) is 4.85. The van der Waals surface area contributed by atoms with Gasteiger partial charge in [0.25, 0.3) is 5.91 Å². The number of carbonyl (C=O) groups is 2. The van der Waals surface area contributed by atoms with Crippen LogP contribution in [-0.4, -0.2) is 23.3 Å². The number of aryl methyl sites for hydroxylation is 2. The van der Waals surface area contributed by atoms with Gasteiger partial charge in [-0.15, -0.1) is 0 Å². The summed E-state index contributed by atoms with van der Waals surface area (Å²) in [5.41, 5.74) is 0.385. The molecule has 0 radical (unpaired) electrons. The van der Waals surface area contributed by atoms with Gasteiger partial charge in [-0.2, -0.15) is 13.2 Å². The summed E-state index contributed by atoms with van der Waals surface area (Å²) in [7, 11) is 0. The van der Waals surface area contributed by atoms with Gasteiger partial charge in [-0.1, -0.05) is 48.5 Å². The number of anilines is 1. The molecule has 188 valence electrons. The van der Waals surface area contributed by atoms with E-state index in [-0.39, 0.29) is 16.8 Å². The second-order valence-electron chi connectivity index (χ2n) is 9.05. The van der Waals surface area contributed by atoms with Crippen LogP contribution in [0.2, 0.25) is 0 Å². The van der Waals surface area contributed by atoms with Crippen molar-refractivity contribution >= 4 is 17.5 Å². The van der Waals surface area contributed by atoms with E-state index in [4.69, 9.17) is 0 Å². The molecule has 0 aromatic heterocycles. The monoisotopic (exact) mass is 498 g/mol. The van der Waals surface area contributed by atoms with Gasteiger partial charge in [0.1, 0.15) is 5.82 Å². The number of likely N-dealkylation sites (tertiary alicyclic amines) is 1. The molecule has 2 unspecified atom stereocenters. The highest BCUT2D eigenvalue weighted by Gasteiger charge is 2.41. The van der Waals surface area contributed by atoms with E-state index in [1.54, 1.807) is 43.3 Å². The third-order valence-corrected chi connectivity index (χ3v) is 6.62. The normalized spacial score (nSPS) is 18.1. The average Bonchev–Trinajstić information content (AvgIpc) is 2.84. The smallest absolute Gasteiger partial charge is 0.331 e. The Morgan fingerprint density at radius 3 is 2.33 bits per heavy atom. The largest absolute Gasteiger partial charge is 0.416 e. The number of hydrogen-bond donors (Lipinski definition) is 1. The molecule has 1 heterocycles. The van der Waals surface area contributed by atoms with Crippen molar-refractivity contribution in [2.24, 2.45) is 5.92 Å². The summed E-state index contributed by atoms with van der Waals surface area (Å²) in [5.74, 6) is -2.40. The van der Waals surface area contributed by atoms with Crippen LogP contribution in [-0.2, 0) is 11.0 Å². The first-order valence-electron chi connectivity index (χ1n) is 11.7. The van der Waals surface area contributed by atoms with Gasteiger partial charge in [0, 0.05) is 12.2 Å². The van der Waals surface area contributed by atoms with Gasteiger partial charge in [-0.05, 0) is 61.6 Å². The lowest BCUT2D eigenvalue weighted by Crippen LogP contribution is -2.46. The molecule has 0 bridgehead atoms. The van der Waals surface area contributed by atoms with Gasteiger partial charge in [-0.25, -0.2) is 4.39 Å². The number of hydrogen-bond acceptors (Lipinski definition) is 2. The molecule has 4 nitrogen and oxygen atoms in total. The van der Waals surface area contributed by atoms with Gasteiger partial charge in [-0.3, -0.25) is 9.59 Å². The topological polar surface area (TPSA) is 49.4 Å². The first-order chi connectivity index (χ1) is 17.1. The Balaban J connectivity index is 1.69. The molecule has 8 heteroatoms. The number of nitrogens with zero attached hydrogens (tertiary/aromatic N) is 1. The number of benzene rings is 3. The molecule has 1 aliphatic heterocycles. The minimum atomic E-state index is -4.55. The van der Waals surface area contributed by atoms with E-state index in [0.29, 0.717) is 30.5 Å². The number of amides is 2. The molecular formula is C28H26F4N2O2. The van der Waals surface area contributed by atoms with Gasteiger partial charge >= 0.3 is 6.18 Å². The highest BCUT2D eigenvalue weighted by atomic mass is 19.4. The maximum atomic E-state index is 14.7. The van der Waals surface area contributed by atoms with Crippen LogP contribution in [0.1, 0.15) is 51.5 Å². The molecule has 1 aliphatic rings. The van der Waals surface area contributed by atoms with Gasteiger partial charge in [0.2, 0.25) is 5.91 Å². The fourth-order valence-corrected chi connectivity index (χ4v) is 4.85. The molecule has 2 atom stereocenters. The summed E-state index contributed by atoms with van der Waals surface area (Å²) in [4.78, 5) is 28.5. The minimum Gasteiger partial charge on any atom is -0.331 e. The zero-order valence-corrected chi connectivity index (χ0v) is 19.9. The maximum absolute atomic E-state index is 14.7. The quantitative estimate of drug-likeness (QED) is 0.407. The standard InChI is InChI=1S/C28H26F4N2O2/c1-17-13-14-20(16-22(17)28(30,31)32)33-26(35)21-11-7-15-34(25(21)19-9-4-3-5-10-19)27(36)24-18(2)8-6-12-23(24)29/h3-6,8-10,12-14,16,21,25H,7,11,15H2,1-2H3,(H,33,35). The van der Waals surface area contributed by atoms with Crippen molar-refractivity contribution < 1.29 is 27.2 Å². The predicted octanol–water partition coefficient (Wildman–Crippen LogP) is 6.69. The zero-order valence-electron chi connectivity index (χ0n) is 19.9. The summed E-state index contributed by atoms with van der Waals surface area (Å²) in [6.45, 7) is 3.32. The highest BCUT2D eigenvalue weighted by molar-refractivity contribution is 5.98. The zero-order chi connectivity index (χ0) is 26.0. The van der Waals surface area contributed by atoms with E-state index in [9.17, 15) is 27.2 Å². The number of halogens is 4.